The van der Waals surface area contributed by atoms with Crippen LogP contribution in [0.2, 0.25) is 0 Å². The molecule has 1 amide bonds. The molecule has 1 heterocycles. The Morgan fingerprint density at radius 2 is 2.10 bits per heavy atom. The van der Waals surface area contributed by atoms with Gasteiger partial charge in [0.15, 0.2) is 0 Å². The molecule has 1 aliphatic rings. The van der Waals surface area contributed by atoms with Crippen molar-refractivity contribution in [1.29, 1.82) is 0 Å². The third-order valence-electron chi connectivity index (χ3n) is 3.37. The van der Waals surface area contributed by atoms with Crippen LogP contribution in [0, 0.1) is 5.92 Å². The van der Waals surface area contributed by atoms with Crippen molar-refractivity contribution in [2.24, 2.45) is 5.92 Å². The first-order valence-corrected chi connectivity index (χ1v) is 6.39. The second kappa shape index (κ2) is 5.83. The highest BCUT2D eigenvalue weighted by molar-refractivity contribution is 5.95. The number of ether oxygens (including phenoxy) is 1. The van der Waals surface area contributed by atoms with E-state index < -0.39 is 17.6 Å². The zero-order chi connectivity index (χ0) is 14.8. The average Bonchev–Trinajstić information content (AvgIpc) is 2.89. The Balaban J connectivity index is 2.16. The number of carbonyl (C=O) groups excluding carboxylic acids is 1. The van der Waals surface area contributed by atoms with E-state index in [2.05, 4.69) is 0 Å². The first-order chi connectivity index (χ1) is 9.39. The van der Waals surface area contributed by atoms with E-state index in [4.69, 9.17) is 4.74 Å². The molecule has 6 heteroatoms. The van der Waals surface area contributed by atoms with E-state index in [9.17, 15) is 18.0 Å². The number of alkyl halides is 3. The van der Waals surface area contributed by atoms with Crippen LogP contribution in [-0.2, 0) is 10.9 Å². The standard InChI is InChI=1S/C14H16F3NO2/c1-18(8-10-6-7-20-9-10)13(19)11-4-2-3-5-12(11)14(15,16)17/h2-5,10H,6-9H2,1H3. The van der Waals surface area contributed by atoms with E-state index in [0.29, 0.717) is 19.8 Å². The molecule has 1 fully saturated rings. The molecule has 1 aromatic rings. The lowest BCUT2D eigenvalue weighted by atomic mass is 10.0. The van der Waals surface area contributed by atoms with Crippen LogP contribution in [0.4, 0.5) is 13.2 Å². The minimum absolute atomic E-state index is 0.196. The summed E-state index contributed by atoms with van der Waals surface area (Å²) in [5.41, 5.74) is -1.19. The summed E-state index contributed by atoms with van der Waals surface area (Å²) in [6.45, 7) is 1.61. The van der Waals surface area contributed by atoms with Gasteiger partial charge in [0.1, 0.15) is 0 Å². The van der Waals surface area contributed by atoms with Crippen molar-refractivity contribution in [3.05, 3.63) is 35.4 Å². The van der Waals surface area contributed by atoms with Gasteiger partial charge in [0.25, 0.3) is 5.91 Å². The number of benzene rings is 1. The van der Waals surface area contributed by atoms with Crippen molar-refractivity contribution in [2.75, 3.05) is 26.8 Å². The highest BCUT2D eigenvalue weighted by Crippen LogP contribution is 2.32. The molecule has 1 saturated heterocycles. The van der Waals surface area contributed by atoms with Gasteiger partial charge in [0.05, 0.1) is 17.7 Å². The SMILES string of the molecule is CN(CC1CCOC1)C(=O)c1ccccc1C(F)(F)F. The molecule has 1 atom stereocenters. The monoisotopic (exact) mass is 287 g/mol. The Hall–Kier alpha value is -1.56. The van der Waals surface area contributed by atoms with Crippen molar-refractivity contribution in [1.82, 2.24) is 4.90 Å². The Bertz CT molecular complexity index is 482. The number of rotatable bonds is 3. The second-order valence-electron chi connectivity index (χ2n) is 4.96. The van der Waals surface area contributed by atoms with Gasteiger partial charge in [-0.25, -0.2) is 0 Å². The van der Waals surface area contributed by atoms with Crippen LogP contribution in [-0.4, -0.2) is 37.6 Å². The van der Waals surface area contributed by atoms with Crippen molar-refractivity contribution in [3.8, 4) is 0 Å². The number of nitrogens with zero attached hydrogens (tertiary/aromatic N) is 1. The molecular formula is C14H16F3NO2. The van der Waals surface area contributed by atoms with E-state index in [1.54, 1.807) is 0 Å². The van der Waals surface area contributed by atoms with E-state index in [1.165, 1.54) is 30.1 Å². The lowest BCUT2D eigenvalue weighted by Gasteiger charge is -2.22. The van der Waals surface area contributed by atoms with Crippen LogP contribution in [0.25, 0.3) is 0 Å². The number of amides is 1. The maximum atomic E-state index is 12.9. The summed E-state index contributed by atoms with van der Waals surface area (Å²) in [5.74, 6) is -0.410. The quantitative estimate of drug-likeness (QED) is 0.855. The summed E-state index contributed by atoms with van der Waals surface area (Å²) in [4.78, 5) is 13.5. The lowest BCUT2D eigenvalue weighted by molar-refractivity contribution is -0.138. The molecule has 20 heavy (non-hydrogen) atoms. The molecule has 0 N–H and O–H groups in total. The molecule has 2 rings (SSSR count). The molecule has 1 aliphatic heterocycles. The topological polar surface area (TPSA) is 29.5 Å². The van der Waals surface area contributed by atoms with Crippen molar-refractivity contribution in [2.45, 2.75) is 12.6 Å². The highest BCUT2D eigenvalue weighted by Gasteiger charge is 2.35. The summed E-state index contributed by atoms with van der Waals surface area (Å²) in [6.07, 6.45) is -3.69. The molecule has 0 aromatic heterocycles. The first kappa shape index (κ1) is 14.8. The largest absolute Gasteiger partial charge is 0.417 e. The van der Waals surface area contributed by atoms with Crippen LogP contribution in [0.3, 0.4) is 0 Å². The van der Waals surface area contributed by atoms with Gasteiger partial charge < -0.3 is 9.64 Å². The molecular weight excluding hydrogens is 271 g/mol. The van der Waals surface area contributed by atoms with Crippen molar-refractivity contribution in [3.63, 3.8) is 0 Å². The zero-order valence-corrected chi connectivity index (χ0v) is 11.1. The van der Waals surface area contributed by atoms with E-state index in [1.807, 2.05) is 0 Å². The number of hydrogen-bond donors (Lipinski definition) is 0. The first-order valence-electron chi connectivity index (χ1n) is 6.39. The Morgan fingerprint density at radius 1 is 1.40 bits per heavy atom. The van der Waals surface area contributed by atoms with Gasteiger partial charge in [0, 0.05) is 26.1 Å². The van der Waals surface area contributed by atoms with Crippen molar-refractivity contribution < 1.29 is 22.7 Å². The van der Waals surface area contributed by atoms with Gasteiger partial charge in [-0.3, -0.25) is 4.79 Å². The van der Waals surface area contributed by atoms with Crippen molar-refractivity contribution >= 4 is 5.91 Å². The molecule has 0 bridgehead atoms. The Kier molecular flexibility index (Phi) is 4.32. The molecule has 110 valence electrons. The third kappa shape index (κ3) is 3.30. The summed E-state index contributed by atoms with van der Waals surface area (Å²) in [7, 11) is 1.52. The third-order valence-corrected chi connectivity index (χ3v) is 3.37. The molecule has 0 radical (unpaired) electrons. The number of halogens is 3. The maximum absolute atomic E-state index is 12.9. The molecule has 0 aliphatic carbocycles. The van der Waals surface area contributed by atoms with E-state index in [-0.39, 0.29) is 11.5 Å². The van der Waals surface area contributed by atoms with Crippen LogP contribution < -0.4 is 0 Å². The highest BCUT2D eigenvalue weighted by atomic mass is 19.4. The number of hydrogen-bond acceptors (Lipinski definition) is 2. The average molecular weight is 287 g/mol. The Labute approximate surface area is 115 Å². The normalized spacial score (nSPS) is 19.1. The summed E-state index contributed by atoms with van der Waals surface area (Å²) in [6, 6.07) is 4.87. The smallest absolute Gasteiger partial charge is 0.381 e. The van der Waals surface area contributed by atoms with Gasteiger partial charge in [-0.1, -0.05) is 12.1 Å². The summed E-state index contributed by atoms with van der Waals surface area (Å²) < 4.78 is 43.9. The summed E-state index contributed by atoms with van der Waals surface area (Å²) in [5, 5.41) is 0. The maximum Gasteiger partial charge on any atom is 0.417 e. The van der Waals surface area contributed by atoms with E-state index in [0.717, 1.165) is 12.5 Å². The lowest BCUT2D eigenvalue weighted by Crippen LogP contribution is -2.33. The fourth-order valence-electron chi connectivity index (χ4n) is 2.32. The molecule has 1 unspecified atom stereocenters. The Morgan fingerprint density at radius 3 is 2.70 bits per heavy atom. The fourth-order valence-corrected chi connectivity index (χ4v) is 2.32. The zero-order valence-electron chi connectivity index (χ0n) is 11.1. The van der Waals surface area contributed by atoms with Crippen LogP contribution in [0.15, 0.2) is 24.3 Å². The minimum atomic E-state index is -4.52. The van der Waals surface area contributed by atoms with Crippen LogP contribution in [0.5, 0.6) is 0 Å². The molecule has 0 saturated carbocycles. The molecule has 3 nitrogen and oxygen atoms in total. The predicted molar refractivity (Wildman–Crippen MR) is 67.3 cm³/mol. The molecule has 0 spiro atoms. The minimum Gasteiger partial charge on any atom is -0.381 e. The van der Waals surface area contributed by atoms with Gasteiger partial charge in [-0.2, -0.15) is 13.2 Å². The van der Waals surface area contributed by atoms with Gasteiger partial charge >= 0.3 is 6.18 Å². The fraction of sp³-hybridized carbons (Fsp3) is 0.500. The summed E-state index contributed by atoms with van der Waals surface area (Å²) >= 11 is 0. The van der Waals surface area contributed by atoms with Gasteiger partial charge in [0.2, 0.25) is 0 Å². The number of carbonyl (C=O) groups is 1. The molecule has 1 aromatic carbocycles. The van der Waals surface area contributed by atoms with Gasteiger partial charge in [-0.15, -0.1) is 0 Å². The van der Waals surface area contributed by atoms with Gasteiger partial charge in [-0.05, 0) is 18.6 Å². The van der Waals surface area contributed by atoms with E-state index >= 15 is 0 Å². The van der Waals surface area contributed by atoms with Crippen LogP contribution in [0.1, 0.15) is 22.3 Å². The second-order valence-corrected chi connectivity index (χ2v) is 4.96. The predicted octanol–water partition coefficient (Wildman–Crippen LogP) is 2.81. The van der Waals surface area contributed by atoms with Crippen LogP contribution >= 0.6 is 0 Å².